The number of nitrogens with one attached hydrogen (secondary N) is 1. The molecule has 1 fully saturated rings. The molecule has 1 aromatic rings. The Morgan fingerprint density at radius 1 is 1.59 bits per heavy atom. The predicted octanol–water partition coefficient (Wildman–Crippen LogP) is 0.952. The lowest BCUT2D eigenvalue weighted by molar-refractivity contribution is 0.0518. The van der Waals surface area contributed by atoms with Crippen molar-refractivity contribution >= 4 is 0 Å². The SMILES string of the molecule is CCOC(CC)c1noc([C@@H]2CC(O)CN2)n1. The number of aliphatic hydroxyl groups is 1. The van der Waals surface area contributed by atoms with Crippen molar-refractivity contribution in [1.29, 1.82) is 0 Å². The van der Waals surface area contributed by atoms with Gasteiger partial charge < -0.3 is 19.7 Å². The lowest BCUT2D eigenvalue weighted by Crippen LogP contribution is -2.15. The van der Waals surface area contributed by atoms with Crippen LogP contribution in [0.15, 0.2) is 4.52 Å². The third-order valence-electron chi connectivity index (χ3n) is 2.89. The van der Waals surface area contributed by atoms with E-state index in [1.807, 2.05) is 13.8 Å². The van der Waals surface area contributed by atoms with Crippen LogP contribution in [-0.4, -0.2) is 34.5 Å². The molecule has 96 valence electrons. The molecular formula is C11H19N3O3. The highest BCUT2D eigenvalue weighted by Crippen LogP contribution is 2.24. The molecule has 0 saturated carbocycles. The molecule has 0 aliphatic carbocycles. The predicted molar refractivity (Wildman–Crippen MR) is 60.3 cm³/mol. The summed E-state index contributed by atoms with van der Waals surface area (Å²) >= 11 is 0. The molecule has 1 aliphatic rings. The zero-order valence-electron chi connectivity index (χ0n) is 10.2. The van der Waals surface area contributed by atoms with Crippen LogP contribution < -0.4 is 5.32 Å². The molecule has 6 nitrogen and oxygen atoms in total. The largest absolute Gasteiger partial charge is 0.392 e. The highest BCUT2D eigenvalue weighted by Gasteiger charge is 2.29. The van der Waals surface area contributed by atoms with Crippen LogP contribution in [0.1, 0.15) is 50.6 Å². The number of aromatic nitrogens is 2. The van der Waals surface area contributed by atoms with E-state index in [0.717, 1.165) is 6.42 Å². The molecule has 6 heteroatoms. The number of hydrogen-bond acceptors (Lipinski definition) is 6. The summed E-state index contributed by atoms with van der Waals surface area (Å²) in [6, 6.07) is -0.0367. The van der Waals surface area contributed by atoms with Crippen LogP contribution in [0.4, 0.5) is 0 Å². The molecule has 1 aliphatic heterocycles. The topological polar surface area (TPSA) is 80.4 Å². The molecule has 0 aromatic carbocycles. The van der Waals surface area contributed by atoms with Gasteiger partial charge in [-0.15, -0.1) is 0 Å². The lowest BCUT2D eigenvalue weighted by Gasteiger charge is -2.09. The first-order valence-corrected chi connectivity index (χ1v) is 6.11. The van der Waals surface area contributed by atoms with Gasteiger partial charge in [0.05, 0.1) is 12.1 Å². The van der Waals surface area contributed by atoms with Crippen molar-refractivity contribution in [3.05, 3.63) is 11.7 Å². The fourth-order valence-electron chi connectivity index (χ4n) is 2.00. The number of hydrogen-bond donors (Lipinski definition) is 2. The molecule has 1 aromatic heterocycles. The fourth-order valence-corrected chi connectivity index (χ4v) is 2.00. The highest BCUT2D eigenvalue weighted by atomic mass is 16.5. The molecule has 2 rings (SSSR count). The van der Waals surface area contributed by atoms with E-state index in [0.29, 0.717) is 31.3 Å². The quantitative estimate of drug-likeness (QED) is 0.799. The molecule has 2 N–H and O–H groups in total. The summed E-state index contributed by atoms with van der Waals surface area (Å²) in [6.07, 6.45) is 0.994. The molecule has 0 spiro atoms. The standard InChI is InChI=1S/C11H19N3O3/c1-3-9(16-4-2)10-13-11(17-14-10)8-5-7(15)6-12-8/h7-9,12,15H,3-6H2,1-2H3/t7?,8-,9?/m0/s1. The monoisotopic (exact) mass is 241 g/mol. The Hall–Kier alpha value is -0.980. The van der Waals surface area contributed by atoms with Crippen molar-refractivity contribution in [3.8, 4) is 0 Å². The normalized spacial score (nSPS) is 26.3. The van der Waals surface area contributed by atoms with Crippen LogP contribution in [0.25, 0.3) is 0 Å². The zero-order valence-corrected chi connectivity index (χ0v) is 10.2. The van der Waals surface area contributed by atoms with Crippen molar-refractivity contribution in [1.82, 2.24) is 15.5 Å². The van der Waals surface area contributed by atoms with E-state index in [1.165, 1.54) is 0 Å². The number of nitrogens with zero attached hydrogens (tertiary/aromatic N) is 2. The molecule has 1 saturated heterocycles. The van der Waals surface area contributed by atoms with Crippen LogP contribution in [-0.2, 0) is 4.74 Å². The van der Waals surface area contributed by atoms with Crippen LogP contribution in [0.5, 0.6) is 0 Å². The van der Waals surface area contributed by atoms with E-state index in [9.17, 15) is 5.11 Å². The van der Waals surface area contributed by atoms with Gasteiger partial charge in [-0.2, -0.15) is 4.98 Å². The minimum Gasteiger partial charge on any atom is -0.392 e. The van der Waals surface area contributed by atoms with Crippen LogP contribution >= 0.6 is 0 Å². The smallest absolute Gasteiger partial charge is 0.243 e. The molecule has 2 unspecified atom stereocenters. The molecule has 3 atom stereocenters. The zero-order chi connectivity index (χ0) is 12.3. The second-order valence-corrected chi connectivity index (χ2v) is 4.19. The van der Waals surface area contributed by atoms with Gasteiger partial charge >= 0.3 is 0 Å². The molecule has 2 heterocycles. The van der Waals surface area contributed by atoms with E-state index in [-0.39, 0.29) is 18.2 Å². The van der Waals surface area contributed by atoms with Gasteiger partial charge in [-0.25, -0.2) is 0 Å². The Bertz CT molecular complexity index is 337. The fraction of sp³-hybridized carbons (Fsp3) is 0.818. The lowest BCUT2D eigenvalue weighted by atomic mass is 10.2. The number of ether oxygens (including phenoxy) is 1. The second kappa shape index (κ2) is 5.57. The highest BCUT2D eigenvalue weighted by molar-refractivity contribution is 4.99. The summed E-state index contributed by atoms with van der Waals surface area (Å²) in [5.74, 6) is 1.13. The van der Waals surface area contributed by atoms with E-state index >= 15 is 0 Å². The van der Waals surface area contributed by atoms with E-state index in [1.54, 1.807) is 0 Å². The van der Waals surface area contributed by atoms with Crippen molar-refractivity contribution in [2.24, 2.45) is 0 Å². The minimum atomic E-state index is -0.329. The van der Waals surface area contributed by atoms with Gasteiger partial charge in [-0.3, -0.25) is 0 Å². The van der Waals surface area contributed by atoms with Crippen LogP contribution in [0.2, 0.25) is 0 Å². The van der Waals surface area contributed by atoms with Crippen molar-refractivity contribution < 1.29 is 14.4 Å². The van der Waals surface area contributed by atoms with Crippen molar-refractivity contribution in [2.75, 3.05) is 13.2 Å². The van der Waals surface area contributed by atoms with Gasteiger partial charge in [-0.1, -0.05) is 12.1 Å². The molecule has 0 bridgehead atoms. The average molecular weight is 241 g/mol. The van der Waals surface area contributed by atoms with Gasteiger partial charge in [0, 0.05) is 13.2 Å². The Balaban J connectivity index is 2.04. The van der Waals surface area contributed by atoms with Gasteiger partial charge in [0.1, 0.15) is 6.10 Å². The summed E-state index contributed by atoms with van der Waals surface area (Å²) in [4.78, 5) is 4.34. The molecule has 0 amide bonds. The maximum Gasteiger partial charge on any atom is 0.243 e. The molecular weight excluding hydrogens is 222 g/mol. The van der Waals surface area contributed by atoms with Crippen molar-refractivity contribution in [2.45, 2.75) is 44.9 Å². The Morgan fingerprint density at radius 3 is 3.00 bits per heavy atom. The van der Waals surface area contributed by atoms with Crippen LogP contribution in [0, 0.1) is 0 Å². The number of rotatable bonds is 5. The Labute approximate surface area is 100 Å². The van der Waals surface area contributed by atoms with E-state index in [4.69, 9.17) is 9.26 Å². The molecule has 17 heavy (non-hydrogen) atoms. The molecule has 0 radical (unpaired) electrons. The van der Waals surface area contributed by atoms with Gasteiger partial charge in [0.15, 0.2) is 0 Å². The second-order valence-electron chi connectivity index (χ2n) is 4.19. The average Bonchev–Trinajstić information content (AvgIpc) is 2.94. The number of aliphatic hydroxyl groups excluding tert-OH is 1. The first-order chi connectivity index (χ1) is 8.24. The Kier molecular flexibility index (Phi) is 4.09. The Morgan fingerprint density at radius 2 is 2.41 bits per heavy atom. The third kappa shape index (κ3) is 2.83. The summed E-state index contributed by atoms with van der Waals surface area (Å²) < 4.78 is 10.7. The maximum atomic E-state index is 9.43. The summed E-state index contributed by atoms with van der Waals surface area (Å²) in [5.41, 5.74) is 0. The van der Waals surface area contributed by atoms with Crippen molar-refractivity contribution in [3.63, 3.8) is 0 Å². The van der Waals surface area contributed by atoms with Gasteiger partial charge in [0.2, 0.25) is 11.7 Å². The first kappa shape index (κ1) is 12.5. The third-order valence-corrected chi connectivity index (χ3v) is 2.89. The van der Waals surface area contributed by atoms with E-state index in [2.05, 4.69) is 15.5 Å². The first-order valence-electron chi connectivity index (χ1n) is 6.11. The summed E-state index contributed by atoms with van der Waals surface area (Å²) in [7, 11) is 0. The summed E-state index contributed by atoms with van der Waals surface area (Å²) in [5, 5.41) is 16.5. The van der Waals surface area contributed by atoms with Gasteiger partial charge in [0.25, 0.3) is 0 Å². The minimum absolute atomic E-state index is 0.0367. The number of β-amino-alcohol motifs (C(OH)–C–C–N with tert-alkyl or cyclic N) is 1. The van der Waals surface area contributed by atoms with E-state index < -0.39 is 0 Å². The maximum absolute atomic E-state index is 9.43. The van der Waals surface area contributed by atoms with Gasteiger partial charge in [-0.05, 0) is 19.8 Å². The summed E-state index contributed by atoms with van der Waals surface area (Å²) in [6.45, 7) is 5.17. The van der Waals surface area contributed by atoms with Crippen LogP contribution in [0.3, 0.4) is 0 Å².